The number of amides is 2. The maximum atomic E-state index is 13.6. The maximum absolute atomic E-state index is 13.6. The molecule has 2 amide bonds. The Bertz CT molecular complexity index is 936. The van der Waals surface area contributed by atoms with E-state index in [2.05, 4.69) is 18.2 Å². The molecule has 0 radical (unpaired) electrons. The highest BCUT2D eigenvalue weighted by molar-refractivity contribution is 5.96. The van der Waals surface area contributed by atoms with E-state index in [9.17, 15) is 9.59 Å². The third-order valence-electron chi connectivity index (χ3n) is 6.29. The number of ether oxygens (including phenoxy) is 1. The van der Waals surface area contributed by atoms with E-state index in [4.69, 9.17) is 4.74 Å². The van der Waals surface area contributed by atoms with Gasteiger partial charge in [-0.05, 0) is 45.4 Å². The van der Waals surface area contributed by atoms with Gasteiger partial charge in [-0.25, -0.2) is 0 Å². The molecule has 0 unspecified atom stereocenters. The molecule has 2 heterocycles. The van der Waals surface area contributed by atoms with Crippen molar-refractivity contribution in [3.8, 4) is 0 Å². The quantitative estimate of drug-likeness (QED) is 0.783. The highest BCUT2D eigenvalue weighted by Crippen LogP contribution is 2.43. The molecular formula is C25H30N2O3. The van der Waals surface area contributed by atoms with Gasteiger partial charge in [0.1, 0.15) is 0 Å². The van der Waals surface area contributed by atoms with E-state index in [0.29, 0.717) is 25.3 Å². The molecule has 2 aromatic rings. The lowest BCUT2D eigenvalue weighted by atomic mass is 9.83. The molecule has 0 saturated carbocycles. The summed E-state index contributed by atoms with van der Waals surface area (Å²) in [6, 6.07) is 16.0. The molecule has 0 bridgehead atoms. The first-order valence-electron chi connectivity index (χ1n) is 10.7. The number of hydrogen-bond acceptors (Lipinski definition) is 3. The fourth-order valence-corrected chi connectivity index (χ4v) is 4.86. The zero-order chi connectivity index (χ0) is 21.5. The number of likely N-dealkylation sites (tertiary alicyclic amines) is 1. The van der Waals surface area contributed by atoms with Crippen LogP contribution in [0.25, 0.3) is 0 Å². The fourth-order valence-electron chi connectivity index (χ4n) is 4.86. The van der Waals surface area contributed by atoms with E-state index in [0.717, 1.165) is 16.7 Å². The Morgan fingerprint density at radius 1 is 1.10 bits per heavy atom. The first kappa shape index (κ1) is 20.6. The lowest BCUT2D eigenvalue weighted by Gasteiger charge is -2.42. The second-order valence-corrected chi connectivity index (χ2v) is 8.86. The predicted molar refractivity (Wildman–Crippen MR) is 117 cm³/mol. The molecule has 0 N–H and O–H groups in total. The summed E-state index contributed by atoms with van der Waals surface area (Å²) < 4.78 is 6.26. The van der Waals surface area contributed by atoms with Crippen LogP contribution in [0, 0.1) is 13.8 Å². The Morgan fingerprint density at radius 2 is 1.77 bits per heavy atom. The molecule has 5 heteroatoms. The average Bonchev–Trinajstić information content (AvgIpc) is 2.99. The number of hydrogen-bond donors (Lipinski definition) is 0. The van der Waals surface area contributed by atoms with E-state index in [1.165, 1.54) is 0 Å². The van der Waals surface area contributed by atoms with Gasteiger partial charge >= 0.3 is 0 Å². The van der Waals surface area contributed by atoms with Crippen LogP contribution in [-0.2, 0) is 9.53 Å². The summed E-state index contributed by atoms with van der Waals surface area (Å²) >= 11 is 0. The van der Waals surface area contributed by atoms with Crippen LogP contribution in [0.15, 0.2) is 48.5 Å². The predicted octanol–water partition coefficient (Wildman–Crippen LogP) is 3.55. The SMILES string of the molecule is Cc1cc(C)cc(C(=O)N2CCO[C@]3(C2)C(=O)N(C(C)C)C[C@@H]3c2ccccc2)c1. The number of nitrogens with zero attached hydrogens (tertiary/aromatic N) is 2. The van der Waals surface area contributed by atoms with Gasteiger partial charge in [-0.3, -0.25) is 9.59 Å². The molecule has 1 spiro atoms. The third kappa shape index (κ3) is 3.52. The van der Waals surface area contributed by atoms with Crippen LogP contribution < -0.4 is 0 Å². The Labute approximate surface area is 178 Å². The van der Waals surface area contributed by atoms with E-state index in [1.54, 1.807) is 4.90 Å². The Balaban J connectivity index is 1.70. The molecule has 158 valence electrons. The summed E-state index contributed by atoms with van der Waals surface area (Å²) in [4.78, 5) is 30.6. The lowest BCUT2D eigenvalue weighted by Crippen LogP contribution is -2.59. The number of benzene rings is 2. The van der Waals surface area contributed by atoms with Gasteiger partial charge in [-0.1, -0.05) is 47.5 Å². The summed E-state index contributed by atoms with van der Waals surface area (Å²) in [7, 11) is 0. The number of morpholine rings is 1. The van der Waals surface area contributed by atoms with Crippen molar-refractivity contribution in [2.45, 2.75) is 45.3 Å². The third-order valence-corrected chi connectivity index (χ3v) is 6.29. The highest BCUT2D eigenvalue weighted by atomic mass is 16.5. The zero-order valence-corrected chi connectivity index (χ0v) is 18.2. The van der Waals surface area contributed by atoms with Crippen molar-refractivity contribution in [2.24, 2.45) is 0 Å². The molecule has 2 fully saturated rings. The van der Waals surface area contributed by atoms with Crippen LogP contribution in [0.2, 0.25) is 0 Å². The molecule has 0 aliphatic carbocycles. The molecule has 2 aliphatic heterocycles. The normalized spacial score (nSPS) is 24.2. The molecule has 2 aliphatic rings. The van der Waals surface area contributed by atoms with Gasteiger partial charge in [0, 0.05) is 30.6 Å². The minimum absolute atomic E-state index is 0.00993. The summed E-state index contributed by atoms with van der Waals surface area (Å²) in [5.74, 6) is -0.153. The number of aryl methyl sites for hydroxylation is 2. The maximum Gasteiger partial charge on any atom is 0.257 e. The van der Waals surface area contributed by atoms with Crippen molar-refractivity contribution >= 4 is 11.8 Å². The first-order valence-corrected chi connectivity index (χ1v) is 10.7. The van der Waals surface area contributed by atoms with Crippen LogP contribution in [-0.4, -0.2) is 59.5 Å². The second kappa shape index (κ2) is 7.88. The van der Waals surface area contributed by atoms with Gasteiger partial charge in [0.2, 0.25) is 0 Å². The van der Waals surface area contributed by atoms with Gasteiger partial charge < -0.3 is 14.5 Å². The van der Waals surface area contributed by atoms with Gasteiger partial charge in [0.15, 0.2) is 5.60 Å². The van der Waals surface area contributed by atoms with Crippen LogP contribution >= 0.6 is 0 Å². The molecule has 2 aromatic carbocycles. The van der Waals surface area contributed by atoms with Crippen LogP contribution in [0.4, 0.5) is 0 Å². The van der Waals surface area contributed by atoms with Crippen LogP contribution in [0.5, 0.6) is 0 Å². The van der Waals surface area contributed by atoms with Gasteiger partial charge in [0.05, 0.1) is 13.2 Å². The second-order valence-electron chi connectivity index (χ2n) is 8.86. The van der Waals surface area contributed by atoms with Crippen molar-refractivity contribution in [3.05, 3.63) is 70.8 Å². The first-order chi connectivity index (χ1) is 14.3. The molecule has 0 aromatic heterocycles. The summed E-state index contributed by atoms with van der Waals surface area (Å²) in [5, 5.41) is 0. The van der Waals surface area contributed by atoms with Crippen molar-refractivity contribution in [2.75, 3.05) is 26.2 Å². The largest absolute Gasteiger partial charge is 0.361 e. The Hall–Kier alpha value is -2.66. The minimum Gasteiger partial charge on any atom is -0.361 e. The minimum atomic E-state index is -1.03. The van der Waals surface area contributed by atoms with E-state index >= 15 is 0 Å². The van der Waals surface area contributed by atoms with Crippen LogP contribution in [0.1, 0.15) is 46.8 Å². The summed E-state index contributed by atoms with van der Waals surface area (Å²) in [6.45, 7) is 9.78. The average molecular weight is 407 g/mol. The smallest absolute Gasteiger partial charge is 0.257 e. The highest BCUT2D eigenvalue weighted by Gasteiger charge is 2.58. The van der Waals surface area contributed by atoms with Gasteiger partial charge in [-0.15, -0.1) is 0 Å². The topological polar surface area (TPSA) is 49.9 Å². The van der Waals surface area contributed by atoms with Crippen molar-refractivity contribution in [3.63, 3.8) is 0 Å². The Kier molecular flexibility index (Phi) is 5.41. The molecule has 30 heavy (non-hydrogen) atoms. The van der Waals surface area contributed by atoms with E-state index in [1.807, 2.05) is 62.9 Å². The van der Waals surface area contributed by atoms with Crippen molar-refractivity contribution in [1.29, 1.82) is 0 Å². The molecule has 4 rings (SSSR count). The van der Waals surface area contributed by atoms with Crippen LogP contribution in [0.3, 0.4) is 0 Å². The molecule has 5 nitrogen and oxygen atoms in total. The summed E-state index contributed by atoms with van der Waals surface area (Å²) in [5.41, 5.74) is 2.85. The van der Waals surface area contributed by atoms with Crippen molar-refractivity contribution in [1.82, 2.24) is 9.80 Å². The molecule has 2 atom stereocenters. The number of rotatable bonds is 3. The van der Waals surface area contributed by atoms with Gasteiger partial charge in [-0.2, -0.15) is 0 Å². The number of carbonyl (C=O) groups excluding carboxylic acids is 2. The lowest BCUT2D eigenvalue weighted by molar-refractivity contribution is -0.160. The standard InChI is InChI=1S/C25H30N2O3/c1-17(2)27-15-22(20-8-6-5-7-9-20)25(24(27)29)16-26(10-11-30-25)23(28)21-13-18(3)12-19(4)14-21/h5-9,12-14,17,22H,10-11,15-16H2,1-4H3/t22-,25+/m1/s1. The van der Waals surface area contributed by atoms with Gasteiger partial charge in [0.25, 0.3) is 11.8 Å². The molecular weight excluding hydrogens is 376 g/mol. The Morgan fingerprint density at radius 3 is 2.40 bits per heavy atom. The summed E-state index contributed by atoms with van der Waals surface area (Å²) in [6.07, 6.45) is 0. The fraction of sp³-hybridized carbons (Fsp3) is 0.440. The van der Waals surface area contributed by atoms with E-state index in [-0.39, 0.29) is 30.3 Å². The molecule has 2 saturated heterocycles. The zero-order valence-electron chi connectivity index (χ0n) is 18.2. The van der Waals surface area contributed by atoms with Crippen molar-refractivity contribution < 1.29 is 14.3 Å². The number of carbonyl (C=O) groups is 2. The van der Waals surface area contributed by atoms with E-state index < -0.39 is 5.60 Å². The monoisotopic (exact) mass is 406 g/mol.